The van der Waals surface area contributed by atoms with Crippen LogP contribution < -0.4 is 0 Å². The molecule has 1 N–H and O–H groups in total. The Labute approximate surface area is 116 Å². The van der Waals surface area contributed by atoms with Gasteiger partial charge in [0.25, 0.3) is 11.6 Å². The molecule has 0 fully saturated rings. The number of hydrazone groups is 1. The lowest BCUT2D eigenvalue weighted by Gasteiger charge is -2.32. The van der Waals surface area contributed by atoms with Gasteiger partial charge >= 0.3 is 6.18 Å². The third-order valence-corrected chi connectivity index (χ3v) is 3.09. The van der Waals surface area contributed by atoms with Crippen molar-refractivity contribution in [1.82, 2.24) is 14.8 Å². The van der Waals surface area contributed by atoms with E-state index in [1.54, 1.807) is 6.92 Å². The lowest BCUT2D eigenvalue weighted by atomic mass is 10.1. The van der Waals surface area contributed by atoms with Gasteiger partial charge in [0.1, 0.15) is 0 Å². The quantitative estimate of drug-likeness (QED) is 0.902. The predicted octanol–water partition coefficient (Wildman–Crippen LogP) is 1.64. The second-order valence-electron chi connectivity index (χ2n) is 4.11. The highest BCUT2D eigenvalue weighted by atomic mass is 35.5. The zero-order valence-corrected chi connectivity index (χ0v) is 11.0. The second kappa shape index (κ2) is 4.74. The van der Waals surface area contributed by atoms with E-state index in [1.165, 1.54) is 10.9 Å². The lowest BCUT2D eigenvalue weighted by Crippen LogP contribution is -2.56. The summed E-state index contributed by atoms with van der Waals surface area (Å²) < 4.78 is 39.9. The van der Waals surface area contributed by atoms with E-state index in [1.807, 2.05) is 0 Å². The summed E-state index contributed by atoms with van der Waals surface area (Å²) in [6.45, 7) is 2.11. The number of aliphatic hydroxyl groups is 1. The highest BCUT2D eigenvalue weighted by Crippen LogP contribution is 2.39. The monoisotopic (exact) mass is 310 g/mol. The lowest BCUT2D eigenvalue weighted by molar-refractivity contribution is -0.297. The Hall–Kier alpha value is -1.61. The molecule has 0 bridgehead atoms. The van der Waals surface area contributed by atoms with Crippen LogP contribution in [-0.2, 0) is 6.54 Å². The van der Waals surface area contributed by atoms with E-state index in [9.17, 15) is 23.1 Å². The van der Waals surface area contributed by atoms with E-state index in [0.29, 0.717) is 6.54 Å². The van der Waals surface area contributed by atoms with E-state index < -0.39 is 29.9 Å². The smallest absolute Gasteiger partial charge is 0.362 e. The zero-order valence-electron chi connectivity index (χ0n) is 10.2. The van der Waals surface area contributed by atoms with Crippen LogP contribution in [0.2, 0.25) is 5.02 Å². The summed E-state index contributed by atoms with van der Waals surface area (Å²) in [5.41, 5.74) is -3.76. The molecule has 1 aliphatic rings. The first-order chi connectivity index (χ1) is 9.20. The summed E-state index contributed by atoms with van der Waals surface area (Å²) in [4.78, 5) is 12.1. The van der Waals surface area contributed by atoms with Crippen LogP contribution in [0.15, 0.2) is 11.3 Å². The molecule has 6 nitrogen and oxygen atoms in total. The normalized spacial score (nSPS) is 22.6. The standard InChI is InChI=1S/C10H10ClF3N4O2/c1-2-17-5-6(11)7(16-17)8(19)18-9(20,3-4-15-18)10(12,13)14/h4-5,20H,2-3H2,1H3/t9-/m1/s1. The molecule has 2 heterocycles. The number of hydrogen-bond acceptors (Lipinski definition) is 4. The van der Waals surface area contributed by atoms with Crippen LogP contribution in [0.25, 0.3) is 0 Å². The molecule has 10 heteroatoms. The van der Waals surface area contributed by atoms with Gasteiger partial charge in [0, 0.05) is 25.4 Å². The van der Waals surface area contributed by atoms with Crippen LogP contribution in [-0.4, -0.2) is 43.9 Å². The van der Waals surface area contributed by atoms with E-state index in [0.717, 1.165) is 6.21 Å². The average Bonchev–Trinajstić information content (AvgIpc) is 2.92. The molecule has 1 atom stereocenters. The minimum Gasteiger partial charge on any atom is -0.362 e. The number of hydrogen-bond donors (Lipinski definition) is 1. The van der Waals surface area contributed by atoms with Crippen molar-refractivity contribution in [3.63, 3.8) is 0 Å². The van der Waals surface area contributed by atoms with Crippen molar-refractivity contribution in [3.8, 4) is 0 Å². The molecule has 1 amide bonds. The molecule has 0 saturated carbocycles. The Bertz CT molecular complexity index is 571. The van der Waals surface area contributed by atoms with Gasteiger partial charge in [-0.25, -0.2) is 0 Å². The van der Waals surface area contributed by atoms with E-state index >= 15 is 0 Å². The molecule has 0 aromatic carbocycles. The third kappa shape index (κ3) is 2.16. The minimum atomic E-state index is -5.04. The van der Waals surface area contributed by atoms with Crippen LogP contribution in [0.4, 0.5) is 13.2 Å². The van der Waals surface area contributed by atoms with Gasteiger partial charge in [-0.1, -0.05) is 11.6 Å². The molecule has 1 aromatic heterocycles. The van der Waals surface area contributed by atoms with Gasteiger partial charge in [-0.2, -0.15) is 28.4 Å². The summed E-state index contributed by atoms with van der Waals surface area (Å²) in [5, 5.41) is 16.6. The molecule has 0 radical (unpaired) electrons. The fraction of sp³-hybridized carbons (Fsp3) is 0.500. The number of aromatic nitrogens is 2. The van der Waals surface area contributed by atoms with Gasteiger partial charge in [-0.3, -0.25) is 9.48 Å². The Morgan fingerprint density at radius 1 is 1.60 bits per heavy atom. The first-order valence-corrected chi connectivity index (χ1v) is 5.97. The SMILES string of the molecule is CCn1cc(Cl)c(C(=O)N2N=CC[C@@]2(O)C(F)(F)F)n1. The van der Waals surface area contributed by atoms with E-state index in [4.69, 9.17) is 11.6 Å². The molecule has 0 aliphatic carbocycles. The number of rotatable bonds is 2. The van der Waals surface area contributed by atoms with Crippen molar-refractivity contribution >= 4 is 23.7 Å². The number of nitrogens with zero attached hydrogens (tertiary/aromatic N) is 4. The molecule has 20 heavy (non-hydrogen) atoms. The molecule has 0 unspecified atom stereocenters. The van der Waals surface area contributed by atoms with Gasteiger partial charge in [0.2, 0.25) is 0 Å². The Morgan fingerprint density at radius 2 is 2.25 bits per heavy atom. The molecule has 110 valence electrons. The van der Waals surface area contributed by atoms with Crippen LogP contribution in [0.5, 0.6) is 0 Å². The van der Waals surface area contributed by atoms with Crippen LogP contribution in [0.1, 0.15) is 23.8 Å². The van der Waals surface area contributed by atoms with Crippen LogP contribution in [0.3, 0.4) is 0 Å². The molecule has 0 spiro atoms. The molecule has 1 aromatic rings. The molecule has 1 aliphatic heterocycles. The number of amides is 1. The van der Waals surface area contributed by atoms with Crippen molar-refractivity contribution < 1.29 is 23.1 Å². The fourth-order valence-electron chi connectivity index (χ4n) is 1.69. The van der Waals surface area contributed by atoms with Crippen LogP contribution in [0, 0.1) is 0 Å². The number of carbonyl (C=O) groups excluding carboxylic acids is 1. The van der Waals surface area contributed by atoms with Gasteiger partial charge in [-0.15, -0.1) is 0 Å². The molecular formula is C10H10ClF3N4O2. The Kier molecular flexibility index (Phi) is 3.51. The average molecular weight is 311 g/mol. The first-order valence-electron chi connectivity index (χ1n) is 5.59. The van der Waals surface area contributed by atoms with Crippen LogP contribution >= 0.6 is 11.6 Å². The summed E-state index contributed by atoms with van der Waals surface area (Å²) in [7, 11) is 0. The molecule has 2 rings (SSSR count). The highest BCUT2D eigenvalue weighted by Gasteiger charge is 2.62. The first kappa shape index (κ1) is 14.8. The highest BCUT2D eigenvalue weighted by molar-refractivity contribution is 6.33. The molecule has 0 saturated heterocycles. The number of carbonyl (C=O) groups is 1. The maximum atomic E-state index is 12.9. The summed E-state index contributed by atoms with van der Waals surface area (Å²) in [6, 6.07) is 0. The fourth-order valence-corrected chi connectivity index (χ4v) is 1.92. The van der Waals surface area contributed by atoms with Crippen molar-refractivity contribution in [2.45, 2.75) is 31.8 Å². The van der Waals surface area contributed by atoms with Crippen molar-refractivity contribution in [1.29, 1.82) is 0 Å². The zero-order chi connectivity index (χ0) is 15.1. The predicted molar refractivity (Wildman–Crippen MR) is 63.2 cm³/mol. The van der Waals surface area contributed by atoms with E-state index in [2.05, 4.69) is 10.2 Å². The largest absolute Gasteiger partial charge is 0.438 e. The van der Waals surface area contributed by atoms with Crippen molar-refractivity contribution in [2.75, 3.05) is 0 Å². The number of aryl methyl sites for hydroxylation is 1. The minimum absolute atomic E-state index is 0.0405. The van der Waals surface area contributed by atoms with Gasteiger partial charge < -0.3 is 5.11 Å². The Morgan fingerprint density at radius 3 is 2.75 bits per heavy atom. The maximum absolute atomic E-state index is 12.9. The number of halogens is 4. The van der Waals surface area contributed by atoms with Gasteiger partial charge in [0.15, 0.2) is 5.69 Å². The summed E-state index contributed by atoms with van der Waals surface area (Å²) >= 11 is 5.76. The topological polar surface area (TPSA) is 70.7 Å². The molecular weight excluding hydrogens is 301 g/mol. The van der Waals surface area contributed by atoms with Gasteiger partial charge in [-0.05, 0) is 6.92 Å². The summed E-state index contributed by atoms with van der Waals surface area (Å²) in [6.07, 6.45) is -3.76. The number of alkyl halides is 3. The van der Waals surface area contributed by atoms with Gasteiger partial charge in [0.05, 0.1) is 5.02 Å². The van der Waals surface area contributed by atoms with Crippen molar-refractivity contribution in [2.24, 2.45) is 5.10 Å². The summed E-state index contributed by atoms with van der Waals surface area (Å²) in [5.74, 6) is -1.21. The third-order valence-electron chi connectivity index (χ3n) is 2.81. The maximum Gasteiger partial charge on any atom is 0.438 e. The second-order valence-corrected chi connectivity index (χ2v) is 4.52. The van der Waals surface area contributed by atoms with Crippen molar-refractivity contribution in [3.05, 3.63) is 16.9 Å². The van der Waals surface area contributed by atoms with E-state index in [-0.39, 0.29) is 10.0 Å². The Balaban J connectivity index is 2.37.